The van der Waals surface area contributed by atoms with Crippen LogP contribution in [0.4, 0.5) is 0 Å². The van der Waals surface area contributed by atoms with Gasteiger partial charge < -0.3 is 10.4 Å². The van der Waals surface area contributed by atoms with Crippen LogP contribution in [-0.2, 0) is 5.75 Å². The Bertz CT molecular complexity index is 403. The molecule has 1 aromatic carbocycles. The second kappa shape index (κ2) is 9.03. The zero-order valence-corrected chi connectivity index (χ0v) is 13.4. The van der Waals surface area contributed by atoms with Crippen molar-refractivity contribution in [2.45, 2.75) is 39.0 Å². The Balaban J connectivity index is 2.43. The molecule has 112 valence electrons. The second-order valence-corrected chi connectivity index (χ2v) is 6.51. The zero-order chi connectivity index (χ0) is 15.0. The van der Waals surface area contributed by atoms with Crippen LogP contribution in [0.2, 0.25) is 0 Å². The summed E-state index contributed by atoms with van der Waals surface area (Å²) in [5.41, 5.74) is 1.94. The average Bonchev–Trinajstić information content (AvgIpc) is 2.42. The molecule has 0 saturated heterocycles. The molecule has 0 aliphatic heterocycles. The SMILES string of the molecule is CCSCc1ccc(C(=O)NCC(C)CC(C)O)cc1. The molecular formula is C16H25NO2S. The summed E-state index contributed by atoms with van der Waals surface area (Å²) in [6.07, 6.45) is 0.380. The van der Waals surface area contributed by atoms with E-state index in [1.807, 2.05) is 43.0 Å². The van der Waals surface area contributed by atoms with Crippen LogP contribution in [0.1, 0.15) is 43.1 Å². The standard InChI is InChI=1S/C16H25NO2S/c1-4-20-11-14-5-7-15(8-6-14)16(19)17-10-12(2)9-13(3)18/h5-8,12-13,18H,4,9-11H2,1-3H3,(H,17,19). The number of rotatable bonds is 8. The number of aliphatic hydroxyl groups is 1. The number of thioether (sulfide) groups is 1. The molecule has 2 unspecified atom stereocenters. The van der Waals surface area contributed by atoms with Crippen LogP contribution in [-0.4, -0.2) is 29.4 Å². The lowest BCUT2D eigenvalue weighted by molar-refractivity contribution is 0.0939. The highest BCUT2D eigenvalue weighted by Crippen LogP contribution is 2.13. The summed E-state index contributed by atoms with van der Waals surface area (Å²) in [4.78, 5) is 12.0. The van der Waals surface area contributed by atoms with E-state index in [-0.39, 0.29) is 17.9 Å². The predicted molar refractivity (Wildman–Crippen MR) is 86.1 cm³/mol. The number of hydrogen-bond donors (Lipinski definition) is 2. The fourth-order valence-corrected chi connectivity index (χ4v) is 2.64. The fraction of sp³-hybridized carbons (Fsp3) is 0.562. The summed E-state index contributed by atoms with van der Waals surface area (Å²) in [6.45, 7) is 6.53. The summed E-state index contributed by atoms with van der Waals surface area (Å²) >= 11 is 1.87. The molecule has 0 heterocycles. The van der Waals surface area contributed by atoms with Gasteiger partial charge in [0.2, 0.25) is 0 Å². The van der Waals surface area contributed by atoms with Crippen molar-refractivity contribution >= 4 is 17.7 Å². The number of aliphatic hydroxyl groups excluding tert-OH is 1. The third-order valence-electron chi connectivity index (χ3n) is 3.04. The summed E-state index contributed by atoms with van der Waals surface area (Å²) in [6, 6.07) is 7.77. The van der Waals surface area contributed by atoms with Gasteiger partial charge in [-0.15, -0.1) is 0 Å². The molecule has 2 N–H and O–H groups in total. The van der Waals surface area contributed by atoms with E-state index in [9.17, 15) is 9.90 Å². The molecule has 1 rings (SSSR count). The number of carbonyl (C=O) groups is 1. The minimum absolute atomic E-state index is 0.0443. The lowest BCUT2D eigenvalue weighted by atomic mass is 10.0. The average molecular weight is 295 g/mol. The molecule has 1 aromatic rings. The third kappa shape index (κ3) is 6.44. The molecule has 4 heteroatoms. The van der Waals surface area contributed by atoms with Crippen molar-refractivity contribution in [2.24, 2.45) is 5.92 Å². The summed E-state index contributed by atoms with van der Waals surface area (Å²) in [5, 5.41) is 12.2. The molecule has 2 atom stereocenters. The molecule has 3 nitrogen and oxygen atoms in total. The lowest BCUT2D eigenvalue weighted by Crippen LogP contribution is -2.29. The lowest BCUT2D eigenvalue weighted by Gasteiger charge is -2.14. The normalized spacial score (nSPS) is 13.8. The van der Waals surface area contributed by atoms with Crippen LogP contribution in [0.3, 0.4) is 0 Å². The van der Waals surface area contributed by atoms with Crippen molar-refractivity contribution in [3.05, 3.63) is 35.4 Å². The van der Waals surface area contributed by atoms with Gasteiger partial charge in [0, 0.05) is 17.9 Å². The maximum absolute atomic E-state index is 12.0. The van der Waals surface area contributed by atoms with Crippen molar-refractivity contribution in [1.29, 1.82) is 0 Å². The largest absolute Gasteiger partial charge is 0.393 e. The van der Waals surface area contributed by atoms with Crippen LogP contribution in [0.5, 0.6) is 0 Å². The summed E-state index contributed by atoms with van der Waals surface area (Å²) < 4.78 is 0. The molecule has 0 fully saturated rings. The Morgan fingerprint density at radius 2 is 1.95 bits per heavy atom. The minimum atomic E-state index is -0.322. The van der Waals surface area contributed by atoms with E-state index in [2.05, 4.69) is 12.2 Å². The molecule has 0 aromatic heterocycles. The van der Waals surface area contributed by atoms with E-state index < -0.39 is 0 Å². The molecule has 0 spiro atoms. The maximum Gasteiger partial charge on any atom is 0.251 e. The first kappa shape index (κ1) is 17.1. The monoisotopic (exact) mass is 295 g/mol. The van der Waals surface area contributed by atoms with Gasteiger partial charge in [-0.05, 0) is 42.7 Å². The highest BCUT2D eigenvalue weighted by molar-refractivity contribution is 7.98. The predicted octanol–water partition coefficient (Wildman–Crippen LogP) is 3.08. The topological polar surface area (TPSA) is 49.3 Å². The van der Waals surface area contributed by atoms with Gasteiger partial charge in [0.05, 0.1) is 6.10 Å². The van der Waals surface area contributed by atoms with E-state index in [4.69, 9.17) is 0 Å². The van der Waals surface area contributed by atoms with Crippen molar-refractivity contribution < 1.29 is 9.90 Å². The highest BCUT2D eigenvalue weighted by atomic mass is 32.2. The van der Waals surface area contributed by atoms with Crippen molar-refractivity contribution in [3.8, 4) is 0 Å². The number of benzene rings is 1. The van der Waals surface area contributed by atoms with Crippen LogP contribution < -0.4 is 5.32 Å². The van der Waals surface area contributed by atoms with Gasteiger partial charge in [0.15, 0.2) is 0 Å². The first-order chi connectivity index (χ1) is 9.52. The van der Waals surface area contributed by atoms with E-state index >= 15 is 0 Å². The van der Waals surface area contributed by atoms with E-state index in [0.717, 1.165) is 11.5 Å². The highest BCUT2D eigenvalue weighted by Gasteiger charge is 2.09. The minimum Gasteiger partial charge on any atom is -0.393 e. The molecular weight excluding hydrogens is 270 g/mol. The van der Waals surface area contributed by atoms with Gasteiger partial charge >= 0.3 is 0 Å². The Morgan fingerprint density at radius 3 is 2.50 bits per heavy atom. The quantitative estimate of drug-likeness (QED) is 0.775. The van der Waals surface area contributed by atoms with Crippen molar-refractivity contribution in [1.82, 2.24) is 5.32 Å². The number of hydrogen-bond acceptors (Lipinski definition) is 3. The van der Waals surface area contributed by atoms with Crippen molar-refractivity contribution in [2.75, 3.05) is 12.3 Å². The Morgan fingerprint density at radius 1 is 1.30 bits per heavy atom. The van der Waals surface area contributed by atoms with E-state index in [1.54, 1.807) is 6.92 Å². The Kier molecular flexibility index (Phi) is 7.70. The Hall–Kier alpha value is -1.00. The van der Waals surface area contributed by atoms with E-state index in [0.29, 0.717) is 18.5 Å². The van der Waals surface area contributed by atoms with Crippen LogP contribution in [0.15, 0.2) is 24.3 Å². The summed E-state index contributed by atoms with van der Waals surface area (Å²) in [5.74, 6) is 2.32. The van der Waals surface area contributed by atoms with Crippen LogP contribution in [0, 0.1) is 5.92 Å². The van der Waals surface area contributed by atoms with Gasteiger partial charge in [0.25, 0.3) is 5.91 Å². The number of carbonyl (C=O) groups excluding carboxylic acids is 1. The van der Waals surface area contributed by atoms with Gasteiger partial charge in [-0.3, -0.25) is 4.79 Å². The van der Waals surface area contributed by atoms with Gasteiger partial charge in [0.1, 0.15) is 0 Å². The van der Waals surface area contributed by atoms with Gasteiger partial charge in [-0.1, -0.05) is 26.0 Å². The molecule has 0 saturated carbocycles. The van der Waals surface area contributed by atoms with Crippen LogP contribution in [0.25, 0.3) is 0 Å². The fourth-order valence-electron chi connectivity index (χ4n) is 2.01. The molecule has 0 radical (unpaired) electrons. The number of nitrogens with one attached hydrogen (secondary N) is 1. The third-order valence-corrected chi connectivity index (χ3v) is 3.99. The first-order valence-electron chi connectivity index (χ1n) is 7.15. The van der Waals surface area contributed by atoms with Crippen molar-refractivity contribution in [3.63, 3.8) is 0 Å². The smallest absolute Gasteiger partial charge is 0.251 e. The molecule has 20 heavy (non-hydrogen) atoms. The first-order valence-corrected chi connectivity index (χ1v) is 8.31. The molecule has 1 amide bonds. The van der Waals surface area contributed by atoms with Crippen LogP contribution >= 0.6 is 11.8 Å². The molecule has 0 bridgehead atoms. The van der Waals surface area contributed by atoms with Gasteiger partial charge in [-0.2, -0.15) is 11.8 Å². The number of amides is 1. The van der Waals surface area contributed by atoms with E-state index in [1.165, 1.54) is 5.56 Å². The Labute approximate surface area is 126 Å². The molecule has 0 aliphatic carbocycles. The maximum atomic E-state index is 12.0. The molecule has 0 aliphatic rings. The summed E-state index contributed by atoms with van der Waals surface area (Å²) in [7, 11) is 0. The van der Waals surface area contributed by atoms with Gasteiger partial charge in [-0.25, -0.2) is 0 Å². The zero-order valence-electron chi connectivity index (χ0n) is 12.6. The second-order valence-electron chi connectivity index (χ2n) is 5.23.